The molecule has 1 aromatic heterocycles. The third kappa shape index (κ3) is 2.28. The Hall–Kier alpha value is -0.900. The second-order valence-corrected chi connectivity index (χ2v) is 3.73. The monoisotopic (exact) mass is 182 g/mol. The molecule has 2 N–H and O–H groups in total. The van der Waals surface area contributed by atoms with Crippen molar-refractivity contribution in [3.8, 4) is 0 Å². The van der Waals surface area contributed by atoms with Crippen LogP contribution in [0.5, 0.6) is 0 Å². The fourth-order valence-corrected chi connectivity index (χ4v) is 1.04. The molecule has 0 unspecified atom stereocenters. The summed E-state index contributed by atoms with van der Waals surface area (Å²) in [5.74, 6) is 1.80. The first-order valence-corrected chi connectivity index (χ1v) is 4.71. The van der Waals surface area contributed by atoms with Crippen molar-refractivity contribution in [2.45, 2.75) is 39.2 Å². The van der Waals surface area contributed by atoms with Crippen LogP contribution in [0.3, 0.4) is 0 Å². The molecule has 1 heterocycles. The van der Waals surface area contributed by atoms with Crippen molar-refractivity contribution in [2.24, 2.45) is 0 Å². The molecule has 0 atom stereocenters. The topological polar surface area (TPSA) is 53.6 Å². The van der Waals surface area contributed by atoms with E-state index in [1.54, 1.807) is 0 Å². The molecule has 0 amide bonds. The van der Waals surface area contributed by atoms with Crippen LogP contribution < -0.4 is 5.32 Å². The van der Waals surface area contributed by atoms with Gasteiger partial charge in [0.25, 0.3) is 0 Å². The lowest BCUT2D eigenvalue weighted by atomic mass is 10.1. The van der Waals surface area contributed by atoms with Gasteiger partial charge in [-0.15, -0.1) is 0 Å². The first kappa shape index (κ1) is 10.2. The molecule has 0 aliphatic heterocycles. The van der Waals surface area contributed by atoms with Crippen LogP contribution in [-0.4, -0.2) is 22.2 Å². The predicted octanol–water partition coefficient (Wildman–Crippen LogP) is 1.21. The van der Waals surface area contributed by atoms with E-state index in [1.165, 1.54) is 0 Å². The van der Waals surface area contributed by atoms with E-state index < -0.39 is 0 Å². The Morgan fingerprint density at radius 3 is 2.69 bits per heavy atom. The fourth-order valence-electron chi connectivity index (χ4n) is 1.04. The molecular formula is C9H18N4. The molecule has 0 aliphatic rings. The molecule has 1 rings (SSSR count). The molecule has 4 heteroatoms. The Morgan fingerprint density at radius 2 is 2.15 bits per heavy atom. The lowest BCUT2D eigenvalue weighted by Crippen LogP contribution is -2.34. The van der Waals surface area contributed by atoms with E-state index >= 15 is 0 Å². The van der Waals surface area contributed by atoms with E-state index in [0.29, 0.717) is 0 Å². The summed E-state index contributed by atoms with van der Waals surface area (Å²) in [7, 11) is 1.91. The van der Waals surface area contributed by atoms with E-state index in [2.05, 4.69) is 41.3 Å². The van der Waals surface area contributed by atoms with Crippen LogP contribution in [0.2, 0.25) is 0 Å². The Morgan fingerprint density at radius 1 is 1.46 bits per heavy atom. The number of rotatable bonds is 4. The molecule has 13 heavy (non-hydrogen) atoms. The SMILES string of the molecule is CCCc1nc(C(C)(C)NC)n[nH]1. The number of hydrogen-bond donors (Lipinski definition) is 2. The van der Waals surface area contributed by atoms with Gasteiger partial charge in [0.05, 0.1) is 5.54 Å². The van der Waals surface area contributed by atoms with E-state index in [9.17, 15) is 0 Å². The molecule has 1 aromatic rings. The number of aryl methyl sites for hydroxylation is 1. The smallest absolute Gasteiger partial charge is 0.170 e. The van der Waals surface area contributed by atoms with Crippen molar-refractivity contribution in [3.05, 3.63) is 11.6 Å². The lowest BCUT2D eigenvalue weighted by molar-refractivity contribution is 0.418. The molecule has 0 saturated heterocycles. The highest BCUT2D eigenvalue weighted by Gasteiger charge is 2.22. The number of aromatic nitrogens is 3. The van der Waals surface area contributed by atoms with Gasteiger partial charge in [-0.25, -0.2) is 4.98 Å². The molecule has 0 bridgehead atoms. The maximum Gasteiger partial charge on any atom is 0.170 e. The van der Waals surface area contributed by atoms with Crippen LogP contribution >= 0.6 is 0 Å². The van der Waals surface area contributed by atoms with Gasteiger partial charge in [-0.05, 0) is 27.3 Å². The van der Waals surface area contributed by atoms with E-state index in [4.69, 9.17) is 0 Å². The summed E-state index contributed by atoms with van der Waals surface area (Å²) >= 11 is 0. The second-order valence-electron chi connectivity index (χ2n) is 3.73. The average Bonchev–Trinajstić information content (AvgIpc) is 2.54. The Kier molecular flexibility index (Phi) is 3.03. The van der Waals surface area contributed by atoms with Crippen LogP contribution in [0, 0.1) is 0 Å². The summed E-state index contributed by atoms with van der Waals surface area (Å²) in [5.41, 5.74) is -0.150. The molecule has 0 fully saturated rings. The zero-order valence-electron chi connectivity index (χ0n) is 8.81. The molecule has 0 saturated carbocycles. The molecule has 74 valence electrons. The van der Waals surface area contributed by atoms with Gasteiger partial charge in [0.2, 0.25) is 0 Å². The van der Waals surface area contributed by atoms with Crippen LogP contribution in [0.4, 0.5) is 0 Å². The van der Waals surface area contributed by atoms with Gasteiger partial charge < -0.3 is 5.32 Å². The molecule has 0 aliphatic carbocycles. The third-order valence-electron chi connectivity index (χ3n) is 2.20. The van der Waals surface area contributed by atoms with Crippen LogP contribution in [0.25, 0.3) is 0 Å². The second kappa shape index (κ2) is 3.87. The minimum atomic E-state index is -0.150. The minimum absolute atomic E-state index is 0.150. The van der Waals surface area contributed by atoms with Crippen molar-refractivity contribution in [2.75, 3.05) is 7.05 Å². The van der Waals surface area contributed by atoms with Gasteiger partial charge in [-0.3, -0.25) is 5.10 Å². The quantitative estimate of drug-likeness (QED) is 0.736. The van der Waals surface area contributed by atoms with Crippen molar-refractivity contribution in [3.63, 3.8) is 0 Å². The molecule has 0 spiro atoms. The summed E-state index contributed by atoms with van der Waals surface area (Å²) in [5, 5.41) is 10.3. The van der Waals surface area contributed by atoms with Gasteiger partial charge in [-0.2, -0.15) is 5.10 Å². The number of H-pyrrole nitrogens is 1. The maximum atomic E-state index is 4.41. The molecule has 0 radical (unpaired) electrons. The summed E-state index contributed by atoms with van der Waals surface area (Å²) in [6, 6.07) is 0. The minimum Gasteiger partial charge on any atom is -0.308 e. The van der Waals surface area contributed by atoms with Crippen LogP contribution in [-0.2, 0) is 12.0 Å². The summed E-state index contributed by atoms with van der Waals surface area (Å²) in [6.07, 6.45) is 2.06. The predicted molar refractivity (Wildman–Crippen MR) is 52.5 cm³/mol. The summed E-state index contributed by atoms with van der Waals surface area (Å²) in [4.78, 5) is 4.41. The van der Waals surface area contributed by atoms with Gasteiger partial charge in [0.1, 0.15) is 5.82 Å². The lowest BCUT2D eigenvalue weighted by Gasteiger charge is -2.19. The van der Waals surface area contributed by atoms with Gasteiger partial charge >= 0.3 is 0 Å². The van der Waals surface area contributed by atoms with Crippen LogP contribution in [0.15, 0.2) is 0 Å². The largest absolute Gasteiger partial charge is 0.308 e. The average molecular weight is 182 g/mol. The molecule has 4 nitrogen and oxygen atoms in total. The van der Waals surface area contributed by atoms with Gasteiger partial charge in [0, 0.05) is 6.42 Å². The van der Waals surface area contributed by atoms with Crippen molar-refractivity contribution < 1.29 is 0 Å². The third-order valence-corrected chi connectivity index (χ3v) is 2.20. The molecule has 0 aromatic carbocycles. The first-order valence-electron chi connectivity index (χ1n) is 4.71. The molecular weight excluding hydrogens is 164 g/mol. The Labute approximate surface area is 79.2 Å². The summed E-state index contributed by atoms with van der Waals surface area (Å²) in [6.45, 7) is 6.25. The first-order chi connectivity index (χ1) is 6.10. The van der Waals surface area contributed by atoms with E-state index in [0.717, 1.165) is 24.5 Å². The van der Waals surface area contributed by atoms with E-state index in [-0.39, 0.29) is 5.54 Å². The summed E-state index contributed by atoms with van der Waals surface area (Å²) < 4.78 is 0. The van der Waals surface area contributed by atoms with Crippen molar-refractivity contribution >= 4 is 0 Å². The Bertz CT molecular complexity index is 264. The number of nitrogens with zero attached hydrogens (tertiary/aromatic N) is 2. The standard InChI is InChI=1S/C9H18N4/c1-5-6-7-11-8(13-12-7)9(2,3)10-4/h10H,5-6H2,1-4H3,(H,11,12,13). The van der Waals surface area contributed by atoms with Crippen molar-refractivity contribution in [1.82, 2.24) is 20.5 Å². The highest BCUT2D eigenvalue weighted by Crippen LogP contribution is 2.14. The number of hydrogen-bond acceptors (Lipinski definition) is 3. The Balaban J connectivity index is 2.79. The van der Waals surface area contributed by atoms with Crippen molar-refractivity contribution in [1.29, 1.82) is 0 Å². The number of aromatic amines is 1. The van der Waals surface area contributed by atoms with E-state index in [1.807, 2.05) is 7.05 Å². The highest BCUT2D eigenvalue weighted by molar-refractivity contribution is 5.02. The fraction of sp³-hybridized carbons (Fsp3) is 0.778. The normalized spacial score (nSPS) is 12.0. The zero-order valence-corrected chi connectivity index (χ0v) is 8.81. The van der Waals surface area contributed by atoms with Crippen LogP contribution in [0.1, 0.15) is 38.8 Å². The van der Waals surface area contributed by atoms with Gasteiger partial charge in [-0.1, -0.05) is 6.92 Å². The maximum absolute atomic E-state index is 4.41. The highest BCUT2D eigenvalue weighted by atomic mass is 15.2. The van der Waals surface area contributed by atoms with Gasteiger partial charge in [0.15, 0.2) is 5.82 Å². The number of nitrogens with one attached hydrogen (secondary N) is 2. The zero-order chi connectivity index (χ0) is 9.90.